The smallest absolute Gasteiger partial charge is 0.369 e. The van der Waals surface area contributed by atoms with Crippen molar-refractivity contribution in [1.29, 1.82) is 0 Å². The van der Waals surface area contributed by atoms with Gasteiger partial charge in [0.2, 0.25) is 0 Å². The van der Waals surface area contributed by atoms with E-state index in [-0.39, 0.29) is 0 Å². The predicted octanol–water partition coefficient (Wildman–Crippen LogP) is 4.25. The molecule has 0 radical (unpaired) electrons. The zero-order valence-electron chi connectivity index (χ0n) is 14.9. The molecule has 0 saturated carbocycles. The molecule has 1 aliphatic heterocycles. The average Bonchev–Trinajstić information content (AvgIpc) is 3.10. The molecule has 1 aliphatic rings. The summed E-state index contributed by atoms with van der Waals surface area (Å²) in [7, 11) is 0. The van der Waals surface area contributed by atoms with E-state index in [2.05, 4.69) is 31.7 Å². The molecule has 0 aliphatic carbocycles. The molecular weight excluding hydrogens is 367 g/mol. The molecule has 0 fully saturated rings. The van der Waals surface area contributed by atoms with E-state index in [9.17, 15) is 13.2 Å². The quantitative estimate of drug-likeness (QED) is 0.687. The van der Waals surface area contributed by atoms with E-state index in [0.29, 0.717) is 23.8 Å². The molecule has 2 N–H and O–H groups in total. The number of nitrogens with zero attached hydrogens (tertiary/aromatic N) is 3. The summed E-state index contributed by atoms with van der Waals surface area (Å²) in [4.78, 5) is 12.2. The average molecular weight is 385 g/mol. The van der Waals surface area contributed by atoms with Gasteiger partial charge in [-0.3, -0.25) is 4.98 Å². The molecule has 8 heteroatoms. The molecule has 28 heavy (non-hydrogen) atoms. The van der Waals surface area contributed by atoms with Crippen molar-refractivity contribution in [2.45, 2.75) is 25.1 Å². The van der Waals surface area contributed by atoms with Gasteiger partial charge in [0.1, 0.15) is 17.3 Å². The predicted molar refractivity (Wildman–Crippen MR) is 100.0 cm³/mol. The van der Waals surface area contributed by atoms with Crippen LogP contribution in [0.5, 0.6) is 0 Å². The van der Waals surface area contributed by atoms with Gasteiger partial charge in [-0.2, -0.15) is 13.2 Å². The van der Waals surface area contributed by atoms with E-state index < -0.39 is 11.9 Å². The lowest BCUT2D eigenvalue weighted by molar-refractivity contribution is -0.141. The fraction of sp³-hybridized carbons (Fsp3) is 0.250. The molecule has 0 saturated heterocycles. The zero-order chi connectivity index (χ0) is 19.6. The van der Waals surface area contributed by atoms with Crippen LogP contribution >= 0.6 is 0 Å². The van der Waals surface area contributed by atoms with E-state index in [4.69, 9.17) is 0 Å². The Balaban J connectivity index is 1.34. The number of halogens is 3. The van der Waals surface area contributed by atoms with E-state index in [1.165, 1.54) is 17.8 Å². The molecule has 4 rings (SSSR count). The molecular formula is C20H18F3N5. The number of nitrogens with one attached hydrogen (secondary N) is 2. The maximum Gasteiger partial charge on any atom is 0.433 e. The SMILES string of the molecule is FC(F)(F)c1ccc(CNc2ccc(CC3CNc4ncccc43)cn2)cn1. The summed E-state index contributed by atoms with van der Waals surface area (Å²) in [5.41, 5.74) is 2.10. The normalized spacial score (nSPS) is 15.8. The fourth-order valence-corrected chi connectivity index (χ4v) is 3.23. The van der Waals surface area contributed by atoms with Gasteiger partial charge in [0.05, 0.1) is 0 Å². The van der Waals surface area contributed by atoms with Crippen LogP contribution in [0.4, 0.5) is 24.8 Å². The molecule has 4 heterocycles. The van der Waals surface area contributed by atoms with Crippen LogP contribution in [-0.2, 0) is 19.1 Å². The van der Waals surface area contributed by atoms with Gasteiger partial charge in [-0.05, 0) is 41.3 Å². The highest BCUT2D eigenvalue weighted by Crippen LogP contribution is 2.31. The van der Waals surface area contributed by atoms with Crippen LogP contribution in [-0.4, -0.2) is 21.5 Å². The van der Waals surface area contributed by atoms with E-state index in [1.807, 2.05) is 24.4 Å². The lowest BCUT2D eigenvalue weighted by atomic mass is 9.96. The van der Waals surface area contributed by atoms with Gasteiger partial charge in [-0.1, -0.05) is 18.2 Å². The number of alkyl halides is 3. The highest BCUT2D eigenvalue weighted by atomic mass is 19.4. The molecule has 1 atom stereocenters. The Labute approximate surface area is 160 Å². The number of anilines is 2. The van der Waals surface area contributed by atoms with Crippen molar-refractivity contribution in [3.8, 4) is 0 Å². The minimum Gasteiger partial charge on any atom is -0.369 e. The maximum atomic E-state index is 12.5. The number of fused-ring (bicyclic) bond motifs is 1. The molecule has 0 bridgehead atoms. The van der Waals surface area contributed by atoms with Crippen molar-refractivity contribution in [3.63, 3.8) is 0 Å². The summed E-state index contributed by atoms with van der Waals surface area (Å²) < 4.78 is 37.6. The fourth-order valence-electron chi connectivity index (χ4n) is 3.23. The number of pyridine rings is 3. The topological polar surface area (TPSA) is 62.7 Å². The molecule has 0 aromatic carbocycles. The van der Waals surface area contributed by atoms with Crippen molar-refractivity contribution >= 4 is 11.6 Å². The third-order valence-electron chi connectivity index (χ3n) is 4.69. The molecule has 144 valence electrons. The highest BCUT2D eigenvalue weighted by Gasteiger charge is 2.32. The first-order chi connectivity index (χ1) is 13.5. The van der Waals surface area contributed by atoms with E-state index >= 15 is 0 Å². The van der Waals surface area contributed by atoms with Crippen LogP contribution in [0.3, 0.4) is 0 Å². The van der Waals surface area contributed by atoms with Crippen LogP contribution < -0.4 is 10.6 Å². The highest BCUT2D eigenvalue weighted by molar-refractivity contribution is 5.52. The molecule has 5 nitrogen and oxygen atoms in total. The Bertz CT molecular complexity index is 939. The summed E-state index contributed by atoms with van der Waals surface area (Å²) in [6, 6.07) is 10.3. The van der Waals surface area contributed by atoms with Gasteiger partial charge in [-0.15, -0.1) is 0 Å². The van der Waals surface area contributed by atoms with Gasteiger partial charge in [0.25, 0.3) is 0 Å². The zero-order valence-corrected chi connectivity index (χ0v) is 14.9. The van der Waals surface area contributed by atoms with Crippen molar-refractivity contribution < 1.29 is 13.2 Å². The van der Waals surface area contributed by atoms with Crippen LogP contribution in [0.2, 0.25) is 0 Å². The van der Waals surface area contributed by atoms with Gasteiger partial charge < -0.3 is 10.6 Å². The minimum absolute atomic E-state index is 0.350. The largest absolute Gasteiger partial charge is 0.433 e. The number of aromatic nitrogens is 3. The van der Waals surface area contributed by atoms with Gasteiger partial charge in [0, 0.05) is 37.6 Å². The summed E-state index contributed by atoms with van der Waals surface area (Å²) in [5, 5.41) is 6.41. The maximum absolute atomic E-state index is 12.5. The van der Waals surface area contributed by atoms with Crippen molar-refractivity contribution in [2.75, 3.05) is 17.2 Å². The second kappa shape index (κ2) is 7.46. The number of hydrogen-bond acceptors (Lipinski definition) is 5. The van der Waals surface area contributed by atoms with Gasteiger partial charge in [0.15, 0.2) is 0 Å². The Morgan fingerprint density at radius 2 is 1.82 bits per heavy atom. The number of rotatable bonds is 5. The van der Waals surface area contributed by atoms with Crippen LogP contribution in [0.25, 0.3) is 0 Å². The first-order valence-corrected chi connectivity index (χ1v) is 8.89. The lowest BCUT2D eigenvalue weighted by Gasteiger charge is -2.11. The van der Waals surface area contributed by atoms with Crippen LogP contribution in [0, 0.1) is 0 Å². The summed E-state index contributed by atoms with van der Waals surface area (Å²) in [5.74, 6) is 1.97. The van der Waals surface area contributed by atoms with E-state index in [0.717, 1.165) is 30.4 Å². The van der Waals surface area contributed by atoms with Gasteiger partial charge in [-0.25, -0.2) is 9.97 Å². The molecule has 0 amide bonds. The van der Waals surface area contributed by atoms with Crippen molar-refractivity contribution in [3.05, 3.63) is 77.4 Å². The number of hydrogen-bond donors (Lipinski definition) is 2. The standard InChI is InChI=1S/C20H18F3N5/c21-20(22,23)17-5-3-14(10-25-17)11-27-18-6-4-13(9-26-18)8-15-12-28-19-16(15)2-1-7-24-19/h1-7,9-10,15H,8,11-12H2,(H,24,28)(H,26,27). The Morgan fingerprint density at radius 1 is 1.00 bits per heavy atom. The lowest BCUT2D eigenvalue weighted by Crippen LogP contribution is -2.09. The van der Waals surface area contributed by atoms with Crippen LogP contribution in [0.1, 0.15) is 28.3 Å². The third kappa shape index (κ3) is 4.05. The Kier molecular flexibility index (Phi) is 4.85. The summed E-state index contributed by atoms with van der Waals surface area (Å²) in [6.45, 7) is 1.20. The molecule has 0 spiro atoms. The third-order valence-corrected chi connectivity index (χ3v) is 4.69. The first kappa shape index (κ1) is 18.2. The van der Waals surface area contributed by atoms with Crippen molar-refractivity contribution in [1.82, 2.24) is 15.0 Å². The summed E-state index contributed by atoms with van der Waals surface area (Å²) >= 11 is 0. The monoisotopic (exact) mass is 385 g/mol. The van der Waals surface area contributed by atoms with Gasteiger partial charge >= 0.3 is 6.18 Å². The van der Waals surface area contributed by atoms with Crippen molar-refractivity contribution in [2.24, 2.45) is 0 Å². The summed E-state index contributed by atoms with van der Waals surface area (Å²) in [6.07, 6.45) is 1.27. The molecule has 1 unspecified atom stereocenters. The second-order valence-electron chi connectivity index (χ2n) is 6.68. The Morgan fingerprint density at radius 3 is 2.54 bits per heavy atom. The Hall–Kier alpha value is -3.16. The second-order valence-corrected chi connectivity index (χ2v) is 6.68. The molecule has 3 aromatic rings. The van der Waals surface area contributed by atoms with Crippen LogP contribution in [0.15, 0.2) is 55.0 Å². The first-order valence-electron chi connectivity index (χ1n) is 8.89. The molecule has 3 aromatic heterocycles. The van der Waals surface area contributed by atoms with E-state index in [1.54, 1.807) is 6.20 Å². The minimum atomic E-state index is -4.42.